The zero-order valence-corrected chi connectivity index (χ0v) is 16.1. The summed E-state index contributed by atoms with van der Waals surface area (Å²) in [5.41, 5.74) is 2.16. The van der Waals surface area contributed by atoms with Gasteiger partial charge in [-0.1, -0.05) is 36.4 Å². The molecule has 3 rings (SSSR count). The standard InChI is InChI=1S/C22H28N2O3/c1-4-19(24-12-10-23-11-13-24)18-14-21(25-2)22(26-3)15-20(18)27-16-17-8-6-5-7-9-17/h4-9,14-15,19,23H,1,10-13,16H2,2-3H3/t19-/m1/s1. The Balaban J connectivity index is 1.94. The first-order valence-corrected chi connectivity index (χ1v) is 9.26. The average Bonchev–Trinajstić information content (AvgIpc) is 2.74. The summed E-state index contributed by atoms with van der Waals surface area (Å²) in [4.78, 5) is 2.40. The van der Waals surface area contributed by atoms with Crippen LogP contribution in [0.4, 0.5) is 0 Å². The van der Waals surface area contributed by atoms with Crippen LogP contribution in [0, 0.1) is 0 Å². The summed E-state index contributed by atoms with van der Waals surface area (Å²) in [6.45, 7) is 8.44. The molecule has 1 aliphatic heterocycles. The van der Waals surface area contributed by atoms with Crippen LogP contribution in [0.15, 0.2) is 55.1 Å². The van der Waals surface area contributed by atoms with Crippen molar-refractivity contribution >= 4 is 0 Å². The van der Waals surface area contributed by atoms with E-state index in [1.807, 2.05) is 36.4 Å². The topological polar surface area (TPSA) is 43.0 Å². The molecule has 1 aliphatic rings. The van der Waals surface area contributed by atoms with Crippen molar-refractivity contribution in [2.75, 3.05) is 40.4 Å². The minimum atomic E-state index is 0.0534. The lowest BCUT2D eigenvalue weighted by Crippen LogP contribution is -2.44. The van der Waals surface area contributed by atoms with E-state index in [2.05, 4.69) is 28.9 Å². The number of piperazine rings is 1. The first kappa shape index (κ1) is 19.3. The van der Waals surface area contributed by atoms with E-state index in [0.29, 0.717) is 18.1 Å². The molecule has 0 aliphatic carbocycles. The highest BCUT2D eigenvalue weighted by molar-refractivity contribution is 5.52. The summed E-state index contributed by atoms with van der Waals surface area (Å²) in [6, 6.07) is 14.1. The molecule has 0 unspecified atom stereocenters. The van der Waals surface area contributed by atoms with Crippen LogP contribution < -0.4 is 19.5 Å². The molecule has 1 saturated heterocycles. The summed E-state index contributed by atoms with van der Waals surface area (Å²) >= 11 is 0. The first-order chi connectivity index (χ1) is 13.3. The maximum atomic E-state index is 6.21. The molecule has 2 aromatic carbocycles. The molecule has 1 N–H and O–H groups in total. The van der Waals surface area contributed by atoms with E-state index in [4.69, 9.17) is 14.2 Å². The number of ether oxygens (including phenoxy) is 3. The number of benzene rings is 2. The minimum absolute atomic E-state index is 0.0534. The summed E-state index contributed by atoms with van der Waals surface area (Å²) in [5, 5.41) is 3.40. The Labute approximate surface area is 161 Å². The van der Waals surface area contributed by atoms with Crippen molar-refractivity contribution in [1.82, 2.24) is 10.2 Å². The van der Waals surface area contributed by atoms with Crippen LogP contribution in [0.5, 0.6) is 17.2 Å². The number of methoxy groups -OCH3 is 2. The van der Waals surface area contributed by atoms with Gasteiger partial charge in [-0.15, -0.1) is 6.58 Å². The van der Waals surface area contributed by atoms with Gasteiger partial charge < -0.3 is 19.5 Å². The minimum Gasteiger partial charge on any atom is -0.493 e. The van der Waals surface area contributed by atoms with E-state index >= 15 is 0 Å². The highest BCUT2D eigenvalue weighted by Gasteiger charge is 2.24. The second kappa shape index (κ2) is 9.44. The summed E-state index contributed by atoms with van der Waals surface area (Å²) in [6.07, 6.45) is 1.97. The Morgan fingerprint density at radius 3 is 2.33 bits per heavy atom. The summed E-state index contributed by atoms with van der Waals surface area (Å²) in [5.74, 6) is 2.15. The third-order valence-corrected chi connectivity index (χ3v) is 4.84. The fourth-order valence-electron chi connectivity index (χ4n) is 3.40. The largest absolute Gasteiger partial charge is 0.493 e. The Morgan fingerprint density at radius 1 is 1.04 bits per heavy atom. The lowest BCUT2D eigenvalue weighted by atomic mass is 10.0. The number of hydrogen-bond acceptors (Lipinski definition) is 5. The zero-order valence-electron chi connectivity index (χ0n) is 16.1. The maximum absolute atomic E-state index is 6.21. The Bertz CT molecular complexity index is 743. The molecule has 0 aromatic heterocycles. The van der Waals surface area contributed by atoms with E-state index < -0.39 is 0 Å². The molecule has 27 heavy (non-hydrogen) atoms. The van der Waals surface area contributed by atoms with Crippen LogP contribution in [0.25, 0.3) is 0 Å². The van der Waals surface area contributed by atoms with E-state index in [1.54, 1.807) is 14.2 Å². The van der Waals surface area contributed by atoms with Crippen molar-refractivity contribution in [3.63, 3.8) is 0 Å². The SMILES string of the molecule is C=C[C@H](c1cc(OC)c(OC)cc1OCc1ccccc1)N1CCNCC1. The van der Waals surface area contributed by atoms with Crippen LogP contribution in [-0.2, 0) is 6.61 Å². The number of rotatable bonds is 8. The fourth-order valence-corrected chi connectivity index (χ4v) is 3.40. The average molecular weight is 368 g/mol. The molecule has 5 heteroatoms. The molecule has 144 valence electrons. The third-order valence-electron chi connectivity index (χ3n) is 4.84. The van der Waals surface area contributed by atoms with Crippen molar-refractivity contribution in [2.24, 2.45) is 0 Å². The Hall–Kier alpha value is -2.50. The van der Waals surface area contributed by atoms with Crippen molar-refractivity contribution in [1.29, 1.82) is 0 Å². The van der Waals surface area contributed by atoms with Crippen molar-refractivity contribution in [2.45, 2.75) is 12.6 Å². The second-order valence-electron chi connectivity index (χ2n) is 6.49. The van der Waals surface area contributed by atoms with Gasteiger partial charge >= 0.3 is 0 Å². The quantitative estimate of drug-likeness (QED) is 0.724. The van der Waals surface area contributed by atoms with Gasteiger partial charge in [-0.05, 0) is 11.6 Å². The lowest BCUT2D eigenvalue weighted by molar-refractivity contribution is 0.197. The van der Waals surface area contributed by atoms with Gasteiger partial charge in [0.1, 0.15) is 12.4 Å². The molecule has 0 saturated carbocycles. The third kappa shape index (κ3) is 4.62. The molecule has 1 atom stereocenters. The van der Waals surface area contributed by atoms with Crippen LogP contribution in [-0.4, -0.2) is 45.3 Å². The van der Waals surface area contributed by atoms with Crippen LogP contribution in [0.2, 0.25) is 0 Å². The van der Waals surface area contributed by atoms with Crippen molar-refractivity contribution in [3.05, 3.63) is 66.2 Å². The van der Waals surface area contributed by atoms with E-state index in [1.165, 1.54) is 0 Å². The molecule has 1 fully saturated rings. The monoisotopic (exact) mass is 368 g/mol. The van der Waals surface area contributed by atoms with Gasteiger partial charge in [0.25, 0.3) is 0 Å². The van der Waals surface area contributed by atoms with Gasteiger partial charge in [0.2, 0.25) is 0 Å². The maximum Gasteiger partial charge on any atom is 0.164 e. The first-order valence-electron chi connectivity index (χ1n) is 9.26. The van der Waals surface area contributed by atoms with Crippen LogP contribution in [0.3, 0.4) is 0 Å². The Kier molecular flexibility index (Phi) is 6.74. The van der Waals surface area contributed by atoms with Gasteiger partial charge in [0.05, 0.1) is 20.3 Å². The normalized spacial score (nSPS) is 15.8. The molecular weight excluding hydrogens is 340 g/mol. The van der Waals surface area contributed by atoms with E-state index in [0.717, 1.165) is 43.1 Å². The molecular formula is C22H28N2O3. The van der Waals surface area contributed by atoms with Crippen molar-refractivity contribution in [3.8, 4) is 17.2 Å². The van der Waals surface area contributed by atoms with Gasteiger partial charge in [-0.2, -0.15) is 0 Å². The number of nitrogens with one attached hydrogen (secondary N) is 1. The number of hydrogen-bond donors (Lipinski definition) is 1. The molecule has 0 amide bonds. The molecule has 0 radical (unpaired) electrons. The molecule has 0 bridgehead atoms. The van der Waals surface area contributed by atoms with Crippen LogP contribution in [0.1, 0.15) is 17.2 Å². The predicted octanol–water partition coefficient (Wildman–Crippen LogP) is 3.42. The molecule has 5 nitrogen and oxygen atoms in total. The Morgan fingerprint density at radius 2 is 1.70 bits per heavy atom. The summed E-state index contributed by atoms with van der Waals surface area (Å²) in [7, 11) is 3.29. The van der Waals surface area contributed by atoms with E-state index in [9.17, 15) is 0 Å². The number of nitrogens with zero attached hydrogens (tertiary/aromatic N) is 1. The van der Waals surface area contributed by atoms with Gasteiger partial charge in [-0.25, -0.2) is 0 Å². The molecule has 0 spiro atoms. The summed E-state index contributed by atoms with van der Waals surface area (Å²) < 4.78 is 17.2. The van der Waals surface area contributed by atoms with Gasteiger partial charge in [-0.3, -0.25) is 4.90 Å². The fraction of sp³-hybridized carbons (Fsp3) is 0.364. The van der Waals surface area contributed by atoms with Crippen molar-refractivity contribution < 1.29 is 14.2 Å². The van der Waals surface area contributed by atoms with Gasteiger partial charge in [0, 0.05) is 37.8 Å². The van der Waals surface area contributed by atoms with E-state index in [-0.39, 0.29) is 6.04 Å². The zero-order chi connectivity index (χ0) is 19.1. The highest BCUT2D eigenvalue weighted by Crippen LogP contribution is 2.40. The predicted molar refractivity (Wildman–Crippen MR) is 108 cm³/mol. The molecule has 1 heterocycles. The smallest absolute Gasteiger partial charge is 0.164 e. The van der Waals surface area contributed by atoms with Crippen LogP contribution >= 0.6 is 0 Å². The lowest BCUT2D eigenvalue weighted by Gasteiger charge is -2.34. The highest BCUT2D eigenvalue weighted by atomic mass is 16.5. The second-order valence-corrected chi connectivity index (χ2v) is 6.49. The molecule has 2 aromatic rings. The van der Waals surface area contributed by atoms with Gasteiger partial charge in [0.15, 0.2) is 11.5 Å².